The summed E-state index contributed by atoms with van der Waals surface area (Å²) < 4.78 is 6.57. The van der Waals surface area contributed by atoms with Gasteiger partial charge in [-0.05, 0) is 72.9 Å². The molecule has 0 radical (unpaired) electrons. The van der Waals surface area contributed by atoms with Gasteiger partial charge in [0.15, 0.2) is 0 Å². The maximum Gasteiger partial charge on any atom is 0.342 e. The van der Waals surface area contributed by atoms with E-state index in [2.05, 4.69) is 22.7 Å². The summed E-state index contributed by atoms with van der Waals surface area (Å²) in [7, 11) is 1.61. The van der Waals surface area contributed by atoms with Crippen molar-refractivity contribution in [2.24, 2.45) is 0 Å². The van der Waals surface area contributed by atoms with Gasteiger partial charge in [0, 0.05) is 35.3 Å². The van der Waals surface area contributed by atoms with E-state index in [9.17, 15) is 14.7 Å². The number of phenolic OH excluding ortho intramolecular Hbond substituents is 1. The number of carbonyl (C=O) groups is 2. The largest absolute Gasteiger partial charge is 0.507 e. The highest BCUT2D eigenvalue weighted by Crippen LogP contribution is 2.42. The molecule has 3 N–H and O–H groups in total. The molecule has 0 bridgehead atoms. The first-order valence-electron chi connectivity index (χ1n) is 12.7. The number of amides is 2. The number of anilines is 1. The number of hydrogen-bond acceptors (Lipinski definition) is 5. The Morgan fingerprint density at radius 1 is 1.00 bits per heavy atom. The Morgan fingerprint density at radius 3 is 2.34 bits per heavy atom. The molecule has 1 aliphatic carbocycles. The van der Waals surface area contributed by atoms with Gasteiger partial charge in [0.25, 0.3) is 5.91 Å². The zero-order valence-corrected chi connectivity index (χ0v) is 21.4. The van der Waals surface area contributed by atoms with Crippen LogP contribution in [0, 0.1) is 0 Å². The molecule has 1 heterocycles. The lowest BCUT2D eigenvalue weighted by molar-refractivity contribution is 0.102. The highest BCUT2D eigenvalue weighted by Gasteiger charge is 2.30. The standard InChI is InChI=1S/C30H30N4O4/c1-3-19-4-8-22(9-5-19)29(36)32-23-12-15-25(28(35)16-23)26-17-27(21-10-11-21)34(33-26)30(37)31-18-20-6-13-24(38-2)14-7-20/h4-9,12-17,21,35H,3,10-11,18H2,1-2H3,(H,31,37)(H,32,36). The maximum absolute atomic E-state index is 13.0. The monoisotopic (exact) mass is 510 g/mol. The van der Waals surface area contributed by atoms with Crippen LogP contribution in [0.2, 0.25) is 0 Å². The van der Waals surface area contributed by atoms with E-state index in [4.69, 9.17) is 4.74 Å². The van der Waals surface area contributed by atoms with Gasteiger partial charge in [0.1, 0.15) is 11.5 Å². The summed E-state index contributed by atoms with van der Waals surface area (Å²) in [5.74, 6) is 0.732. The molecule has 3 aromatic carbocycles. The Hall–Kier alpha value is -4.59. The number of rotatable bonds is 8. The van der Waals surface area contributed by atoms with Crippen molar-refractivity contribution >= 4 is 17.6 Å². The molecule has 5 rings (SSSR count). The van der Waals surface area contributed by atoms with Crippen molar-refractivity contribution in [1.82, 2.24) is 15.1 Å². The highest BCUT2D eigenvalue weighted by molar-refractivity contribution is 6.04. The number of hydrogen-bond donors (Lipinski definition) is 3. The number of carbonyl (C=O) groups excluding carboxylic acids is 2. The molecule has 38 heavy (non-hydrogen) atoms. The van der Waals surface area contributed by atoms with E-state index in [-0.39, 0.29) is 23.6 Å². The average Bonchev–Trinajstić information content (AvgIpc) is 3.70. The number of nitrogens with one attached hydrogen (secondary N) is 2. The first-order valence-corrected chi connectivity index (χ1v) is 12.7. The maximum atomic E-state index is 13.0. The van der Waals surface area contributed by atoms with Crippen molar-refractivity contribution < 1.29 is 19.4 Å². The SMILES string of the molecule is CCc1ccc(C(=O)Nc2ccc(-c3cc(C4CC4)n(C(=O)NCc4ccc(OC)cc4)n3)c(O)c2)cc1. The molecule has 8 nitrogen and oxygen atoms in total. The van der Waals surface area contributed by atoms with Crippen molar-refractivity contribution in [3.8, 4) is 22.8 Å². The Balaban J connectivity index is 1.31. The third kappa shape index (κ3) is 5.54. The van der Waals surface area contributed by atoms with Crippen LogP contribution >= 0.6 is 0 Å². The Kier molecular flexibility index (Phi) is 7.13. The number of phenols is 1. The zero-order chi connectivity index (χ0) is 26.6. The third-order valence-electron chi connectivity index (χ3n) is 6.68. The Bertz CT molecular complexity index is 1450. The zero-order valence-electron chi connectivity index (χ0n) is 21.4. The summed E-state index contributed by atoms with van der Waals surface area (Å²) >= 11 is 0. The molecule has 1 saturated carbocycles. The Labute approximate surface area is 221 Å². The van der Waals surface area contributed by atoms with Crippen LogP contribution in [0.25, 0.3) is 11.3 Å². The molecule has 1 fully saturated rings. The molecular weight excluding hydrogens is 480 g/mol. The van der Waals surface area contributed by atoms with E-state index in [1.807, 2.05) is 42.5 Å². The second kappa shape index (κ2) is 10.8. The van der Waals surface area contributed by atoms with Gasteiger partial charge >= 0.3 is 6.03 Å². The molecule has 4 aromatic rings. The predicted octanol–water partition coefficient (Wildman–Crippen LogP) is 5.71. The van der Waals surface area contributed by atoms with Crippen LogP contribution < -0.4 is 15.4 Å². The van der Waals surface area contributed by atoms with E-state index >= 15 is 0 Å². The lowest BCUT2D eigenvalue weighted by Crippen LogP contribution is -2.30. The highest BCUT2D eigenvalue weighted by atomic mass is 16.5. The number of aromatic hydroxyl groups is 1. The third-order valence-corrected chi connectivity index (χ3v) is 6.68. The van der Waals surface area contributed by atoms with E-state index in [0.29, 0.717) is 29.1 Å². The van der Waals surface area contributed by atoms with Crippen LogP contribution in [-0.2, 0) is 13.0 Å². The molecule has 194 valence electrons. The molecule has 0 saturated heterocycles. The van der Waals surface area contributed by atoms with E-state index in [1.165, 1.54) is 10.7 Å². The molecule has 0 unspecified atom stereocenters. The molecule has 2 amide bonds. The van der Waals surface area contributed by atoms with E-state index in [0.717, 1.165) is 41.8 Å². The average molecular weight is 511 g/mol. The second-order valence-electron chi connectivity index (χ2n) is 9.38. The van der Waals surface area contributed by atoms with Crippen molar-refractivity contribution in [1.29, 1.82) is 0 Å². The fourth-order valence-corrected chi connectivity index (χ4v) is 4.28. The van der Waals surface area contributed by atoms with Crippen molar-refractivity contribution in [3.05, 3.63) is 95.2 Å². The van der Waals surface area contributed by atoms with Crippen molar-refractivity contribution in [2.75, 3.05) is 12.4 Å². The van der Waals surface area contributed by atoms with E-state index < -0.39 is 0 Å². The molecule has 0 spiro atoms. The van der Waals surface area contributed by atoms with Crippen molar-refractivity contribution in [3.63, 3.8) is 0 Å². The summed E-state index contributed by atoms with van der Waals surface area (Å²) in [6, 6.07) is 21.3. The minimum atomic E-state index is -0.327. The van der Waals surface area contributed by atoms with Gasteiger partial charge < -0.3 is 20.5 Å². The molecular formula is C30H30N4O4. The normalized spacial score (nSPS) is 12.7. The van der Waals surface area contributed by atoms with Crippen LogP contribution in [0.1, 0.15) is 52.9 Å². The summed E-state index contributed by atoms with van der Waals surface area (Å²) in [5, 5.41) is 21.0. The van der Waals surface area contributed by atoms with Crippen LogP contribution in [0.3, 0.4) is 0 Å². The number of aryl methyl sites for hydroxylation is 1. The molecule has 1 aromatic heterocycles. The summed E-state index contributed by atoms with van der Waals surface area (Å²) in [6.07, 6.45) is 2.89. The number of benzene rings is 3. The fraction of sp³-hybridized carbons (Fsp3) is 0.233. The minimum Gasteiger partial charge on any atom is -0.507 e. The summed E-state index contributed by atoms with van der Waals surface area (Å²) in [5.41, 5.74) is 4.91. The Morgan fingerprint density at radius 2 is 1.71 bits per heavy atom. The predicted molar refractivity (Wildman–Crippen MR) is 146 cm³/mol. The first-order chi connectivity index (χ1) is 18.4. The van der Waals surface area contributed by atoms with Gasteiger partial charge in [0.2, 0.25) is 0 Å². The molecule has 1 aliphatic rings. The van der Waals surface area contributed by atoms with Gasteiger partial charge in [0.05, 0.1) is 18.5 Å². The van der Waals surface area contributed by atoms with Crippen molar-refractivity contribution in [2.45, 2.75) is 38.6 Å². The van der Waals surface area contributed by atoms with Gasteiger partial charge in [-0.3, -0.25) is 4.79 Å². The van der Waals surface area contributed by atoms with Gasteiger partial charge in [-0.2, -0.15) is 9.78 Å². The molecule has 0 atom stereocenters. The molecule has 0 aliphatic heterocycles. The van der Waals surface area contributed by atoms with E-state index in [1.54, 1.807) is 31.4 Å². The minimum absolute atomic E-state index is 0.0326. The van der Waals surface area contributed by atoms with Crippen LogP contribution in [-0.4, -0.2) is 33.9 Å². The number of nitrogens with zero attached hydrogens (tertiary/aromatic N) is 2. The van der Waals surface area contributed by atoms with Crippen LogP contribution in [0.4, 0.5) is 10.5 Å². The number of aromatic nitrogens is 2. The lowest BCUT2D eigenvalue weighted by Gasteiger charge is -2.09. The topological polar surface area (TPSA) is 105 Å². The summed E-state index contributed by atoms with van der Waals surface area (Å²) in [6.45, 7) is 2.41. The fourth-order valence-electron chi connectivity index (χ4n) is 4.28. The molecule has 8 heteroatoms. The second-order valence-corrected chi connectivity index (χ2v) is 9.38. The lowest BCUT2D eigenvalue weighted by atomic mass is 10.1. The van der Waals surface area contributed by atoms with Gasteiger partial charge in [-0.1, -0.05) is 31.2 Å². The van der Waals surface area contributed by atoms with Gasteiger partial charge in [-0.25, -0.2) is 4.79 Å². The first kappa shape index (κ1) is 25.1. The quantitative estimate of drug-likeness (QED) is 0.281. The van der Waals surface area contributed by atoms with Crippen LogP contribution in [0.15, 0.2) is 72.8 Å². The van der Waals surface area contributed by atoms with Gasteiger partial charge in [-0.15, -0.1) is 0 Å². The van der Waals surface area contributed by atoms with Crippen LogP contribution in [0.5, 0.6) is 11.5 Å². The summed E-state index contributed by atoms with van der Waals surface area (Å²) in [4.78, 5) is 25.7. The number of methoxy groups -OCH3 is 1. The number of ether oxygens (including phenoxy) is 1. The smallest absolute Gasteiger partial charge is 0.342 e.